The Morgan fingerprint density at radius 1 is 1.11 bits per heavy atom. The SMILES string of the molecule is COC1CC(N2CCCC2)C(N(C)C(=O)Cc2ccc(Cl)c(Cl)c2)CC1OC. The number of likely N-dealkylation sites (N-methyl/N-ethyl adjacent to an activating group) is 1. The van der Waals surface area contributed by atoms with E-state index in [0.717, 1.165) is 31.5 Å². The second kappa shape index (κ2) is 9.77. The van der Waals surface area contributed by atoms with Gasteiger partial charge in [0.15, 0.2) is 0 Å². The molecule has 0 spiro atoms. The lowest BCUT2D eigenvalue weighted by atomic mass is 9.84. The third-order valence-electron chi connectivity index (χ3n) is 6.25. The number of hydrogen-bond acceptors (Lipinski definition) is 4. The molecule has 1 aromatic rings. The molecule has 0 aromatic heterocycles. The molecule has 2 aliphatic rings. The number of nitrogens with zero attached hydrogens (tertiary/aromatic N) is 2. The predicted molar refractivity (Wildman–Crippen MR) is 112 cm³/mol. The highest BCUT2D eigenvalue weighted by atomic mass is 35.5. The van der Waals surface area contributed by atoms with Crippen LogP contribution >= 0.6 is 23.2 Å². The smallest absolute Gasteiger partial charge is 0.227 e. The Morgan fingerprint density at radius 2 is 1.75 bits per heavy atom. The molecule has 1 heterocycles. The van der Waals surface area contributed by atoms with E-state index >= 15 is 0 Å². The number of benzene rings is 1. The maximum absolute atomic E-state index is 13.1. The van der Waals surface area contributed by atoms with Crippen LogP contribution in [0.25, 0.3) is 0 Å². The maximum Gasteiger partial charge on any atom is 0.227 e. The quantitative estimate of drug-likeness (QED) is 0.693. The van der Waals surface area contributed by atoms with Crippen molar-refractivity contribution in [1.29, 1.82) is 0 Å². The van der Waals surface area contributed by atoms with E-state index in [4.69, 9.17) is 32.7 Å². The van der Waals surface area contributed by atoms with Crippen molar-refractivity contribution in [3.63, 3.8) is 0 Å². The molecule has 1 saturated carbocycles. The van der Waals surface area contributed by atoms with Gasteiger partial charge in [0.1, 0.15) is 0 Å². The van der Waals surface area contributed by atoms with Gasteiger partial charge in [-0.1, -0.05) is 29.3 Å². The molecule has 0 bridgehead atoms. The zero-order chi connectivity index (χ0) is 20.3. The summed E-state index contributed by atoms with van der Waals surface area (Å²) in [6.07, 6.45) is 4.45. The molecule has 2 fully saturated rings. The van der Waals surface area contributed by atoms with Crippen LogP contribution in [0.5, 0.6) is 0 Å². The molecule has 1 aliphatic carbocycles. The Balaban J connectivity index is 1.75. The lowest BCUT2D eigenvalue weighted by Crippen LogP contribution is -2.59. The van der Waals surface area contributed by atoms with E-state index in [1.807, 2.05) is 18.0 Å². The van der Waals surface area contributed by atoms with Crippen LogP contribution < -0.4 is 0 Å². The van der Waals surface area contributed by atoms with Gasteiger partial charge in [0.2, 0.25) is 5.91 Å². The Labute approximate surface area is 177 Å². The molecule has 7 heteroatoms. The van der Waals surface area contributed by atoms with Gasteiger partial charge in [-0.2, -0.15) is 0 Å². The first-order chi connectivity index (χ1) is 13.4. The summed E-state index contributed by atoms with van der Waals surface area (Å²) in [6, 6.07) is 5.77. The Hall–Kier alpha value is -0.850. The van der Waals surface area contributed by atoms with Crippen LogP contribution in [0.1, 0.15) is 31.2 Å². The largest absolute Gasteiger partial charge is 0.379 e. The van der Waals surface area contributed by atoms with Crippen molar-refractivity contribution >= 4 is 29.1 Å². The van der Waals surface area contributed by atoms with Crippen molar-refractivity contribution in [2.24, 2.45) is 0 Å². The number of carbonyl (C=O) groups excluding carboxylic acids is 1. The van der Waals surface area contributed by atoms with Crippen LogP contribution in [0.2, 0.25) is 10.0 Å². The average molecular weight is 429 g/mol. The number of hydrogen-bond donors (Lipinski definition) is 0. The van der Waals surface area contributed by atoms with E-state index in [9.17, 15) is 4.79 Å². The highest BCUT2D eigenvalue weighted by Gasteiger charge is 2.43. The van der Waals surface area contributed by atoms with Crippen LogP contribution in [0.3, 0.4) is 0 Å². The zero-order valence-electron chi connectivity index (χ0n) is 16.9. The first kappa shape index (κ1) is 21.8. The van der Waals surface area contributed by atoms with Gasteiger partial charge in [0.25, 0.3) is 0 Å². The highest BCUT2D eigenvalue weighted by Crippen LogP contribution is 2.32. The molecule has 0 N–H and O–H groups in total. The number of likely N-dealkylation sites (tertiary alicyclic amines) is 1. The lowest BCUT2D eigenvalue weighted by molar-refractivity contribution is -0.140. The van der Waals surface area contributed by atoms with Crippen molar-refractivity contribution in [3.8, 4) is 0 Å². The second-order valence-corrected chi connectivity index (χ2v) is 8.64. The third kappa shape index (κ3) is 4.82. The van der Waals surface area contributed by atoms with Gasteiger partial charge in [-0.25, -0.2) is 0 Å². The second-order valence-electron chi connectivity index (χ2n) is 7.83. The summed E-state index contributed by atoms with van der Waals surface area (Å²) in [5.74, 6) is 0.0818. The number of carbonyl (C=O) groups is 1. The molecule has 0 radical (unpaired) electrons. The van der Waals surface area contributed by atoms with Crippen molar-refractivity contribution in [3.05, 3.63) is 33.8 Å². The van der Waals surface area contributed by atoms with Gasteiger partial charge in [-0.15, -0.1) is 0 Å². The summed E-state index contributed by atoms with van der Waals surface area (Å²) >= 11 is 12.1. The molecular weight excluding hydrogens is 399 g/mol. The van der Waals surface area contributed by atoms with Gasteiger partial charge < -0.3 is 14.4 Å². The number of halogens is 2. The van der Waals surface area contributed by atoms with Crippen molar-refractivity contribution in [2.45, 2.75) is 56.4 Å². The van der Waals surface area contributed by atoms with E-state index < -0.39 is 0 Å². The molecule has 4 atom stereocenters. The minimum absolute atomic E-state index is 0.00548. The van der Waals surface area contributed by atoms with E-state index in [0.29, 0.717) is 22.5 Å². The molecular formula is C21H30Cl2N2O3. The van der Waals surface area contributed by atoms with Gasteiger partial charge in [0, 0.05) is 33.4 Å². The topological polar surface area (TPSA) is 42.0 Å². The Bertz CT molecular complexity index is 682. The standard InChI is InChI=1S/C21H30Cl2N2O3/c1-24(21(26)11-14-6-7-15(22)16(23)10-14)17-12-19(27-2)20(28-3)13-18(17)25-8-4-5-9-25/h6-7,10,17-20H,4-5,8-9,11-13H2,1-3H3. The highest BCUT2D eigenvalue weighted by molar-refractivity contribution is 6.42. The summed E-state index contributed by atoms with van der Waals surface area (Å²) < 4.78 is 11.4. The fourth-order valence-electron chi connectivity index (χ4n) is 4.61. The monoisotopic (exact) mass is 428 g/mol. The average Bonchev–Trinajstić information content (AvgIpc) is 3.23. The maximum atomic E-state index is 13.1. The summed E-state index contributed by atoms with van der Waals surface area (Å²) in [5.41, 5.74) is 0.873. The molecule has 1 aliphatic heterocycles. The van der Waals surface area contributed by atoms with E-state index in [1.54, 1.807) is 26.4 Å². The van der Waals surface area contributed by atoms with Crippen molar-refractivity contribution in [1.82, 2.24) is 9.80 Å². The Morgan fingerprint density at radius 3 is 2.36 bits per heavy atom. The van der Waals surface area contributed by atoms with Crippen LogP contribution in [0.4, 0.5) is 0 Å². The summed E-state index contributed by atoms with van der Waals surface area (Å²) in [7, 11) is 5.38. The fourth-order valence-corrected chi connectivity index (χ4v) is 4.93. The van der Waals surface area contributed by atoms with Gasteiger partial charge in [-0.05, 0) is 56.5 Å². The molecule has 3 rings (SSSR count). The fraction of sp³-hybridized carbons (Fsp3) is 0.667. The van der Waals surface area contributed by atoms with E-state index in [2.05, 4.69) is 4.90 Å². The normalized spacial score (nSPS) is 28.5. The number of rotatable bonds is 6. The zero-order valence-corrected chi connectivity index (χ0v) is 18.4. The first-order valence-electron chi connectivity index (χ1n) is 9.93. The molecule has 28 heavy (non-hydrogen) atoms. The predicted octanol–water partition coefficient (Wildman–Crippen LogP) is 3.65. The van der Waals surface area contributed by atoms with E-state index in [1.165, 1.54) is 12.8 Å². The summed E-state index contributed by atoms with van der Waals surface area (Å²) in [5, 5.41) is 0.978. The van der Waals surface area contributed by atoms with Crippen molar-refractivity contribution < 1.29 is 14.3 Å². The van der Waals surface area contributed by atoms with Gasteiger partial charge in [-0.3, -0.25) is 9.69 Å². The Kier molecular flexibility index (Phi) is 7.62. The van der Waals surface area contributed by atoms with Crippen LogP contribution in [-0.4, -0.2) is 74.4 Å². The molecule has 1 saturated heterocycles. The minimum atomic E-state index is -0.00548. The van der Waals surface area contributed by atoms with Gasteiger partial charge >= 0.3 is 0 Å². The molecule has 1 amide bonds. The van der Waals surface area contributed by atoms with Crippen LogP contribution in [0, 0.1) is 0 Å². The van der Waals surface area contributed by atoms with Crippen molar-refractivity contribution in [2.75, 3.05) is 34.4 Å². The number of ether oxygens (including phenoxy) is 2. The first-order valence-corrected chi connectivity index (χ1v) is 10.7. The third-order valence-corrected chi connectivity index (χ3v) is 6.99. The molecule has 1 aromatic carbocycles. The molecule has 5 nitrogen and oxygen atoms in total. The molecule has 156 valence electrons. The van der Waals surface area contributed by atoms with Crippen LogP contribution in [-0.2, 0) is 20.7 Å². The van der Waals surface area contributed by atoms with Gasteiger partial charge in [0.05, 0.1) is 28.7 Å². The molecule has 4 unspecified atom stereocenters. The number of amides is 1. The summed E-state index contributed by atoms with van der Waals surface area (Å²) in [6.45, 7) is 2.17. The number of methoxy groups -OCH3 is 2. The van der Waals surface area contributed by atoms with Crippen LogP contribution in [0.15, 0.2) is 18.2 Å². The minimum Gasteiger partial charge on any atom is -0.379 e. The lowest BCUT2D eigenvalue weighted by Gasteiger charge is -2.47. The van der Waals surface area contributed by atoms with E-state index in [-0.39, 0.29) is 24.2 Å². The summed E-state index contributed by atoms with van der Waals surface area (Å²) in [4.78, 5) is 17.5.